The summed E-state index contributed by atoms with van der Waals surface area (Å²) in [6.07, 6.45) is 8.29. The normalized spacial score (nSPS) is 29.2. The molecule has 3 atom stereocenters. The average Bonchev–Trinajstić information content (AvgIpc) is 2.31. The van der Waals surface area contributed by atoms with E-state index in [0.717, 1.165) is 17.8 Å². The summed E-state index contributed by atoms with van der Waals surface area (Å²) in [6, 6.07) is 0. The van der Waals surface area contributed by atoms with E-state index in [9.17, 15) is 0 Å². The maximum absolute atomic E-state index is 3.66. The van der Waals surface area contributed by atoms with Crippen molar-refractivity contribution in [2.75, 3.05) is 13.1 Å². The molecule has 1 heteroatoms. The molecular weight excluding hydrogens is 218 g/mol. The Morgan fingerprint density at radius 1 is 1.22 bits per heavy atom. The van der Waals surface area contributed by atoms with Crippen LogP contribution in [-0.2, 0) is 0 Å². The Morgan fingerprint density at radius 3 is 2.56 bits per heavy atom. The predicted molar refractivity (Wildman–Crippen MR) is 81.8 cm³/mol. The van der Waals surface area contributed by atoms with E-state index in [4.69, 9.17) is 0 Å². The number of hydrogen-bond donors (Lipinski definition) is 1. The minimum absolute atomic E-state index is 0.577. The molecular formula is C17H35N. The standard InChI is InChI=1S/C17H35N/c1-6-8-14(3)16-12-17(4,5)10-9-15(16)13-18-11-7-2/h14-16,18H,6-13H2,1-5H3. The van der Waals surface area contributed by atoms with Gasteiger partial charge < -0.3 is 5.32 Å². The van der Waals surface area contributed by atoms with Crippen LogP contribution in [0.2, 0.25) is 0 Å². The Kier molecular flexibility index (Phi) is 6.70. The second-order valence-electron chi connectivity index (χ2n) is 7.30. The molecule has 0 radical (unpaired) electrons. The largest absolute Gasteiger partial charge is 0.316 e. The van der Waals surface area contributed by atoms with Gasteiger partial charge in [-0.1, -0.05) is 47.5 Å². The first-order valence-electron chi connectivity index (χ1n) is 8.21. The maximum Gasteiger partial charge on any atom is -0.00178 e. The lowest BCUT2D eigenvalue weighted by Crippen LogP contribution is -2.39. The summed E-state index contributed by atoms with van der Waals surface area (Å²) >= 11 is 0. The summed E-state index contributed by atoms with van der Waals surface area (Å²) in [5.41, 5.74) is 0.577. The molecule has 1 N–H and O–H groups in total. The van der Waals surface area contributed by atoms with Gasteiger partial charge in [0.25, 0.3) is 0 Å². The topological polar surface area (TPSA) is 12.0 Å². The average molecular weight is 253 g/mol. The minimum Gasteiger partial charge on any atom is -0.316 e. The third-order valence-electron chi connectivity index (χ3n) is 4.89. The van der Waals surface area contributed by atoms with Crippen LogP contribution in [-0.4, -0.2) is 13.1 Å². The first kappa shape index (κ1) is 16.0. The highest BCUT2D eigenvalue weighted by Gasteiger charge is 2.36. The number of nitrogens with one attached hydrogen (secondary N) is 1. The quantitative estimate of drug-likeness (QED) is 0.639. The fourth-order valence-corrected chi connectivity index (χ4v) is 3.75. The molecule has 1 fully saturated rings. The molecule has 0 aromatic heterocycles. The Morgan fingerprint density at radius 2 is 1.94 bits per heavy atom. The summed E-state index contributed by atoms with van der Waals surface area (Å²) in [5.74, 6) is 2.77. The lowest BCUT2D eigenvalue weighted by molar-refractivity contribution is 0.0754. The second kappa shape index (κ2) is 7.53. The highest BCUT2D eigenvalue weighted by atomic mass is 14.9. The fraction of sp³-hybridized carbons (Fsp3) is 1.00. The van der Waals surface area contributed by atoms with Crippen LogP contribution in [0.1, 0.15) is 73.1 Å². The zero-order valence-electron chi connectivity index (χ0n) is 13.4. The van der Waals surface area contributed by atoms with Gasteiger partial charge >= 0.3 is 0 Å². The molecule has 3 unspecified atom stereocenters. The van der Waals surface area contributed by atoms with Crippen LogP contribution in [0, 0.1) is 23.2 Å². The van der Waals surface area contributed by atoms with E-state index in [-0.39, 0.29) is 0 Å². The van der Waals surface area contributed by atoms with Gasteiger partial charge in [0.15, 0.2) is 0 Å². The summed E-state index contributed by atoms with van der Waals surface area (Å²) in [7, 11) is 0. The molecule has 0 amide bonds. The Balaban J connectivity index is 2.56. The molecule has 0 aromatic carbocycles. The van der Waals surface area contributed by atoms with Gasteiger partial charge in [0.05, 0.1) is 0 Å². The molecule has 0 aromatic rings. The van der Waals surface area contributed by atoms with Crippen molar-refractivity contribution in [1.29, 1.82) is 0 Å². The van der Waals surface area contributed by atoms with Gasteiger partial charge in [-0.25, -0.2) is 0 Å². The van der Waals surface area contributed by atoms with Crippen molar-refractivity contribution in [1.82, 2.24) is 5.32 Å². The van der Waals surface area contributed by atoms with Crippen molar-refractivity contribution >= 4 is 0 Å². The summed E-state index contributed by atoms with van der Waals surface area (Å²) < 4.78 is 0. The molecule has 1 saturated carbocycles. The summed E-state index contributed by atoms with van der Waals surface area (Å²) in [4.78, 5) is 0. The van der Waals surface area contributed by atoms with Gasteiger partial charge in [-0.2, -0.15) is 0 Å². The zero-order valence-corrected chi connectivity index (χ0v) is 13.4. The number of rotatable bonds is 7. The van der Waals surface area contributed by atoms with Crippen LogP contribution in [0.15, 0.2) is 0 Å². The lowest BCUT2D eigenvalue weighted by Gasteiger charge is -2.44. The van der Waals surface area contributed by atoms with Crippen LogP contribution in [0.25, 0.3) is 0 Å². The number of hydrogen-bond acceptors (Lipinski definition) is 1. The van der Waals surface area contributed by atoms with Gasteiger partial charge in [-0.15, -0.1) is 0 Å². The van der Waals surface area contributed by atoms with Crippen molar-refractivity contribution < 1.29 is 0 Å². The first-order chi connectivity index (χ1) is 8.50. The zero-order chi connectivity index (χ0) is 13.6. The fourth-order valence-electron chi connectivity index (χ4n) is 3.75. The van der Waals surface area contributed by atoms with Crippen molar-refractivity contribution in [3.8, 4) is 0 Å². The monoisotopic (exact) mass is 253 g/mol. The molecule has 18 heavy (non-hydrogen) atoms. The van der Waals surface area contributed by atoms with E-state index in [1.807, 2.05) is 0 Å². The van der Waals surface area contributed by atoms with Crippen LogP contribution in [0.3, 0.4) is 0 Å². The van der Waals surface area contributed by atoms with E-state index >= 15 is 0 Å². The SMILES string of the molecule is CCCNCC1CCC(C)(C)CC1C(C)CCC. The summed E-state index contributed by atoms with van der Waals surface area (Å²) in [5, 5.41) is 3.66. The molecule has 1 rings (SSSR count). The first-order valence-corrected chi connectivity index (χ1v) is 8.21. The lowest BCUT2D eigenvalue weighted by atomic mass is 9.63. The molecule has 0 spiro atoms. The Bertz CT molecular complexity index is 222. The Labute approximate surface area is 115 Å². The smallest absolute Gasteiger partial charge is 0.00178 e. The molecule has 0 aliphatic heterocycles. The van der Waals surface area contributed by atoms with Crippen molar-refractivity contribution in [2.24, 2.45) is 23.2 Å². The molecule has 0 heterocycles. The minimum atomic E-state index is 0.577. The van der Waals surface area contributed by atoms with E-state index < -0.39 is 0 Å². The summed E-state index contributed by atoms with van der Waals surface area (Å²) in [6.45, 7) is 14.4. The molecule has 1 aliphatic rings. The Hall–Kier alpha value is -0.0400. The van der Waals surface area contributed by atoms with E-state index in [1.54, 1.807) is 0 Å². The van der Waals surface area contributed by atoms with Gasteiger partial charge in [0.1, 0.15) is 0 Å². The molecule has 108 valence electrons. The van der Waals surface area contributed by atoms with E-state index in [0.29, 0.717) is 5.41 Å². The van der Waals surface area contributed by atoms with Crippen molar-refractivity contribution in [3.05, 3.63) is 0 Å². The highest BCUT2D eigenvalue weighted by Crippen LogP contribution is 2.45. The van der Waals surface area contributed by atoms with Crippen molar-refractivity contribution in [3.63, 3.8) is 0 Å². The molecule has 0 bridgehead atoms. The predicted octanol–water partition coefficient (Wildman–Crippen LogP) is 4.86. The second-order valence-corrected chi connectivity index (χ2v) is 7.30. The van der Waals surface area contributed by atoms with Crippen molar-refractivity contribution in [2.45, 2.75) is 73.1 Å². The third kappa shape index (κ3) is 4.91. The van der Waals surface area contributed by atoms with Gasteiger partial charge in [-0.3, -0.25) is 0 Å². The van der Waals surface area contributed by atoms with Gasteiger partial charge in [-0.05, 0) is 61.9 Å². The maximum atomic E-state index is 3.66. The molecule has 1 aliphatic carbocycles. The van der Waals surface area contributed by atoms with Crippen LogP contribution in [0.4, 0.5) is 0 Å². The highest BCUT2D eigenvalue weighted by molar-refractivity contribution is 4.88. The van der Waals surface area contributed by atoms with Gasteiger partial charge in [0, 0.05) is 0 Å². The van der Waals surface area contributed by atoms with Crippen LogP contribution < -0.4 is 5.32 Å². The van der Waals surface area contributed by atoms with E-state index in [2.05, 4.69) is 39.9 Å². The third-order valence-corrected chi connectivity index (χ3v) is 4.89. The molecule has 0 saturated heterocycles. The molecule has 1 nitrogen and oxygen atoms in total. The van der Waals surface area contributed by atoms with Crippen LogP contribution in [0.5, 0.6) is 0 Å². The van der Waals surface area contributed by atoms with Gasteiger partial charge in [0.2, 0.25) is 0 Å². The van der Waals surface area contributed by atoms with Crippen LogP contribution >= 0.6 is 0 Å². The van der Waals surface area contributed by atoms with E-state index in [1.165, 1.54) is 51.6 Å².